The van der Waals surface area contributed by atoms with Crippen molar-refractivity contribution in [1.82, 2.24) is 14.1 Å². The third-order valence-electron chi connectivity index (χ3n) is 6.89. The van der Waals surface area contributed by atoms with Gasteiger partial charge in [0.1, 0.15) is 17.1 Å². The van der Waals surface area contributed by atoms with Crippen LogP contribution in [-0.2, 0) is 6.54 Å². The SMILES string of the molecule is CCn1cc(C(=O)Nc2ccc(Oc3cc(N4CCC(F)(F)C4)cnc3C=CN)c(F)c2)c(=O)n(-c2ccc(F)cc2)c1=O. The van der Waals surface area contributed by atoms with Gasteiger partial charge in [-0.3, -0.25) is 19.1 Å². The number of rotatable bonds is 8. The first-order valence-electron chi connectivity index (χ1n) is 13.4. The molecule has 1 aliphatic heterocycles. The minimum atomic E-state index is -2.84. The fraction of sp³-hybridized carbons (Fsp3) is 0.200. The first-order chi connectivity index (χ1) is 21.0. The van der Waals surface area contributed by atoms with E-state index in [2.05, 4.69) is 10.3 Å². The van der Waals surface area contributed by atoms with Crippen molar-refractivity contribution in [3.63, 3.8) is 0 Å². The number of hydrogen-bond donors (Lipinski definition) is 2. The highest BCUT2D eigenvalue weighted by Gasteiger charge is 2.38. The number of nitrogens with zero attached hydrogens (tertiary/aromatic N) is 4. The number of nitrogens with two attached hydrogens (primary N) is 1. The molecule has 0 spiro atoms. The number of amides is 1. The van der Waals surface area contributed by atoms with Crippen LogP contribution in [0.5, 0.6) is 11.5 Å². The Labute approximate surface area is 247 Å². The first-order valence-corrected chi connectivity index (χ1v) is 13.4. The molecule has 1 amide bonds. The fourth-order valence-corrected chi connectivity index (χ4v) is 4.65. The summed E-state index contributed by atoms with van der Waals surface area (Å²) in [7, 11) is 0. The van der Waals surface area contributed by atoms with Crippen molar-refractivity contribution in [3.05, 3.63) is 111 Å². The largest absolute Gasteiger partial charge is 0.452 e. The lowest BCUT2D eigenvalue weighted by atomic mass is 10.2. The molecule has 0 unspecified atom stereocenters. The molecule has 0 saturated carbocycles. The fourth-order valence-electron chi connectivity index (χ4n) is 4.65. The van der Waals surface area contributed by atoms with Crippen LogP contribution in [0, 0.1) is 11.6 Å². The molecule has 10 nitrogen and oxygen atoms in total. The summed E-state index contributed by atoms with van der Waals surface area (Å²) >= 11 is 0. The molecule has 1 aliphatic rings. The van der Waals surface area contributed by atoms with Crippen molar-refractivity contribution in [2.24, 2.45) is 5.73 Å². The van der Waals surface area contributed by atoms with Crippen LogP contribution >= 0.6 is 0 Å². The van der Waals surface area contributed by atoms with E-state index >= 15 is 4.39 Å². The molecule has 0 atom stereocenters. The van der Waals surface area contributed by atoms with Crippen LogP contribution in [0.15, 0.2) is 76.7 Å². The Hall–Kier alpha value is -5.40. The molecule has 0 radical (unpaired) electrons. The number of nitrogens with one attached hydrogen (secondary N) is 1. The predicted octanol–water partition coefficient (Wildman–Crippen LogP) is 4.51. The number of aryl methyl sites for hydroxylation is 1. The van der Waals surface area contributed by atoms with E-state index < -0.39 is 46.8 Å². The Morgan fingerprint density at radius 1 is 1.09 bits per heavy atom. The van der Waals surface area contributed by atoms with Crippen LogP contribution in [0.2, 0.25) is 0 Å². The third-order valence-corrected chi connectivity index (χ3v) is 6.89. The summed E-state index contributed by atoms with van der Waals surface area (Å²) < 4.78 is 63.8. The average molecular weight is 611 g/mol. The maximum atomic E-state index is 15.2. The number of pyridine rings is 1. The maximum absolute atomic E-state index is 15.2. The van der Waals surface area contributed by atoms with Gasteiger partial charge in [-0.05, 0) is 55.6 Å². The van der Waals surface area contributed by atoms with Gasteiger partial charge in [-0.1, -0.05) is 0 Å². The van der Waals surface area contributed by atoms with Gasteiger partial charge in [0, 0.05) is 43.5 Å². The summed E-state index contributed by atoms with van der Waals surface area (Å²) in [4.78, 5) is 44.8. The molecule has 14 heteroatoms. The van der Waals surface area contributed by atoms with Crippen LogP contribution < -0.4 is 31.9 Å². The molecule has 44 heavy (non-hydrogen) atoms. The number of halogens is 4. The molecule has 0 bridgehead atoms. The zero-order valence-corrected chi connectivity index (χ0v) is 23.3. The van der Waals surface area contributed by atoms with Crippen LogP contribution in [0.1, 0.15) is 29.4 Å². The predicted molar refractivity (Wildman–Crippen MR) is 156 cm³/mol. The van der Waals surface area contributed by atoms with Crippen molar-refractivity contribution >= 4 is 23.4 Å². The van der Waals surface area contributed by atoms with E-state index in [1.807, 2.05) is 0 Å². The summed E-state index contributed by atoms with van der Waals surface area (Å²) in [5, 5.41) is 2.43. The van der Waals surface area contributed by atoms with Gasteiger partial charge in [0.2, 0.25) is 0 Å². The number of carbonyl (C=O) groups is 1. The maximum Gasteiger partial charge on any atom is 0.335 e. The molecule has 3 heterocycles. The molecule has 4 aromatic rings. The molecule has 2 aromatic heterocycles. The second kappa shape index (κ2) is 12.1. The van der Waals surface area contributed by atoms with Gasteiger partial charge in [-0.25, -0.2) is 26.9 Å². The average Bonchev–Trinajstić information content (AvgIpc) is 3.36. The summed E-state index contributed by atoms with van der Waals surface area (Å²) in [6, 6.07) is 9.56. The number of ether oxygens (including phenoxy) is 1. The van der Waals surface area contributed by atoms with Gasteiger partial charge in [-0.15, -0.1) is 0 Å². The highest BCUT2D eigenvalue weighted by atomic mass is 19.3. The van der Waals surface area contributed by atoms with Crippen molar-refractivity contribution in [3.8, 4) is 17.2 Å². The van der Waals surface area contributed by atoms with Crippen molar-refractivity contribution in [1.29, 1.82) is 0 Å². The lowest BCUT2D eigenvalue weighted by Gasteiger charge is -2.19. The van der Waals surface area contributed by atoms with E-state index in [-0.39, 0.29) is 48.1 Å². The van der Waals surface area contributed by atoms with E-state index in [1.165, 1.54) is 53.7 Å². The Kier molecular flexibility index (Phi) is 8.25. The minimum Gasteiger partial charge on any atom is -0.452 e. The van der Waals surface area contributed by atoms with Crippen molar-refractivity contribution < 1.29 is 27.1 Å². The van der Waals surface area contributed by atoms with Crippen LogP contribution in [0.25, 0.3) is 11.8 Å². The second-order valence-corrected chi connectivity index (χ2v) is 9.89. The van der Waals surface area contributed by atoms with E-state index in [0.29, 0.717) is 5.69 Å². The molecule has 2 aromatic carbocycles. The highest BCUT2D eigenvalue weighted by molar-refractivity contribution is 6.03. The van der Waals surface area contributed by atoms with Gasteiger partial charge in [0.15, 0.2) is 17.3 Å². The molecular formula is C30H26F4N6O4. The number of alkyl halides is 2. The van der Waals surface area contributed by atoms with Crippen LogP contribution in [0.3, 0.4) is 0 Å². The van der Waals surface area contributed by atoms with E-state index in [1.54, 1.807) is 6.92 Å². The third kappa shape index (κ3) is 6.19. The number of hydrogen-bond acceptors (Lipinski definition) is 7. The van der Waals surface area contributed by atoms with Gasteiger partial charge in [0.05, 0.1) is 24.1 Å². The summed E-state index contributed by atoms with van der Waals surface area (Å²) in [5.74, 6) is -5.45. The van der Waals surface area contributed by atoms with Gasteiger partial charge >= 0.3 is 5.69 Å². The number of carbonyl (C=O) groups excluding carboxylic acids is 1. The van der Waals surface area contributed by atoms with E-state index in [4.69, 9.17) is 10.5 Å². The second-order valence-electron chi connectivity index (χ2n) is 9.89. The molecular weight excluding hydrogens is 584 g/mol. The number of aromatic nitrogens is 3. The highest BCUT2D eigenvalue weighted by Crippen LogP contribution is 2.35. The number of benzene rings is 2. The van der Waals surface area contributed by atoms with E-state index in [0.717, 1.165) is 33.5 Å². The zero-order valence-electron chi connectivity index (χ0n) is 23.3. The zero-order chi connectivity index (χ0) is 31.6. The molecule has 0 aliphatic carbocycles. The lowest BCUT2D eigenvalue weighted by molar-refractivity contribution is 0.0257. The lowest BCUT2D eigenvalue weighted by Crippen LogP contribution is -2.42. The summed E-state index contributed by atoms with van der Waals surface area (Å²) in [5.41, 5.74) is 4.01. The number of anilines is 2. The van der Waals surface area contributed by atoms with Crippen molar-refractivity contribution in [2.75, 3.05) is 23.3 Å². The minimum absolute atomic E-state index is 0.0323. The van der Waals surface area contributed by atoms with E-state index in [9.17, 15) is 27.6 Å². The Morgan fingerprint density at radius 3 is 2.48 bits per heavy atom. The standard InChI is InChI=1S/C30H26F4N6O4/c1-2-38-16-22(28(42)40(29(38)43)20-6-3-18(31)4-7-20)27(41)37-19-5-8-25(23(32)13-19)44-26-14-21(15-36-24(26)9-11-35)39-12-10-30(33,34)17-39/h3-9,11,13-16H,2,10,12,17,35H2,1H3,(H,37,41). The first kappa shape index (κ1) is 30.1. The Morgan fingerprint density at radius 2 is 1.84 bits per heavy atom. The summed E-state index contributed by atoms with van der Waals surface area (Å²) in [6.45, 7) is 1.37. The molecule has 3 N–H and O–H groups in total. The molecule has 228 valence electrons. The van der Waals surface area contributed by atoms with Gasteiger partial charge in [0.25, 0.3) is 17.4 Å². The molecule has 5 rings (SSSR count). The Bertz CT molecular complexity index is 1870. The van der Waals surface area contributed by atoms with Crippen LogP contribution in [0.4, 0.5) is 28.9 Å². The monoisotopic (exact) mass is 610 g/mol. The topological polar surface area (TPSA) is 124 Å². The molecule has 1 fully saturated rings. The van der Waals surface area contributed by atoms with Gasteiger partial charge in [-0.2, -0.15) is 0 Å². The Balaban J connectivity index is 1.41. The smallest absolute Gasteiger partial charge is 0.335 e. The van der Waals surface area contributed by atoms with Gasteiger partial charge < -0.3 is 20.7 Å². The molecule has 1 saturated heterocycles. The van der Waals surface area contributed by atoms with Crippen molar-refractivity contribution in [2.45, 2.75) is 25.8 Å². The normalized spacial score (nSPS) is 14.2. The summed E-state index contributed by atoms with van der Waals surface area (Å²) in [6.07, 6.45) is 4.77. The van der Waals surface area contributed by atoms with Crippen LogP contribution in [-0.4, -0.2) is 39.0 Å². The quantitative estimate of drug-likeness (QED) is 0.281.